The van der Waals surface area contributed by atoms with E-state index in [0.29, 0.717) is 12.6 Å². The fourth-order valence-corrected chi connectivity index (χ4v) is 2.88. The minimum absolute atomic E-state index is 0.0832. The average Bonchev–Trinajstić information content (AvgIpc) is 2.38. The number of carbonyl (C=O) groups excluding carboxylic acids is 1. The third-order valence-corrected chi connectivity index (χ3v) is 4.15. The van der Waals surface area contributed by atoms with Gasteiger partial charge in [0.2, 0.25) is 15.9 Å². The molecule has 2 N–H and O–H groups in total. The van der Waals surface area contributed by atoms with Gasteiger partial charge in [0.25, 0.3) is 0 Å². The molecule has 1 rings (SSSR count). The molecule has 0 bridgehead atoms. The molecule has 0 saturated carbocycles. The second kappa shape index (κ2) is 7.30. The smallest absolute Gasteiger partial charge is 0.355 e. The molecule has 1 aromatic rings. The first-order valence-corrected chi connectivity index (χ1v) is 8.18. The van der Waals surface area contributed by atoms with Crippen LogP contribution in [-0.2, 0) is 26.7 Å². The third-order valence-electron chi connectivity index (χ3n) is 2.52. The van der Waals surface area contributed by atoms with Gasteiger partial charge in [-0.2, -0.15) is 13.2 Å². The van der Waals surface area contributed by atoms with Crippen LogP contribution < -0.4 is 10.0 Å². The van der Waals surface area contributed by atoms with E-state index >= 15 is 0 Å². The molecule has 0 saturated heterocycles. The molecule has 124 valence electrons. The highest BCUT2D eigenvalue weighted by Crippen LogP contribution is 2.35. The van der Waals surface area contributed by atoms with Crippen molar-refractivity contribution in [3.05, 3.63) is 34.3 Å². The van der Waals surface area contributed by atoms with Gasteiger partial charge >= 0.3 is 6.18 Å². The molecular weight excluding hydrogens is 345 g/mol. The van der Waals surface area contributed by atoms with Crippen molar-refractivity contribution < 1.29 is 26.4 Å². The Kier molecular flexibility index (Phi) is 6.21. The van der Waals surface area contributed by atoms with Gasteiger partial charge in [-0.05, 0) is 24.6 Å². The van der Waals surface area contributed by atoms with Crippen LogP contribution in [0.4, 0.5) is 13.2 Å². The van der Waals surface area contributed by atoms with Crippen molar-refractivity contribution >= 4 is 27.5 Å². The Morgan fingerprint density at radius 2 is 1.95 bits per heavy atom. The number of hydrogen-bond acceptors (Lipinski definition) is 3. The number of amides is 1. The highest BCUT2D eigenvalue weighted by molar-refractivity contribution is 7.88. The van der Waals surface area contributed by atoms with Gasteiger partial charge in [-0.25, -0.2) is 13.1 Å². The Bertz CT molecular complexity index is 648. The molecule has 1 aromatic carbocycles. The number of carbonyl (C=O) groups is 1. The number of nitrogens with one attached hydrogen (secondary N) is 2. The lowest BCUT2D eigenvalue weighted by Gasteiger charge is -2.11. The van der Waals surface area contributed by atoms with E-state index < -0.39 is 45.0 Å². The van der Waals surface area contributed by atoms with Crippen molar-refractivity contribution in [2.24, 2.45) is 0 Å². The summed E-state index contributed by atoms with van der Waals surface area (Å²) in [6, 6.07) is 2.84. The second-order valence-electron chi connectivity index (χ2n) is 4.35. The Morgan fingerprint density at radius 3 is 2.50 bits per heavy atom. The van der Waals surface area contributed by atoms with Crippen molar-refractivity contribution in [2.75, 3.05) is 13.1 Å². The lowest BCUT2D eigenvalue weighted by Crippen LogP contribution is -2.37. The highest BCUT2D eigenvalue weighted by atomic mass is 35.5. The average molecular weight is 359 g/mol. The van der Waals surface area contributed by atoms with Crippen LogP contribution in [0, 0.1) is 0 Å². The maximum Gasteiger partial charge on any atom is 0.417 e. The first-order valence-electron chi connectivity index (χ1n) is 6.15. The normalized spacial score (nSPS) is 12.2. The number of likely N-dealkylation sites (N-methyl/N-ethyl adjacent to an activating group) is 1. The fraction of sp³-hybridized carbons (Fsp3) is 0.417. The van der Waals surface area contributed by atoms with E-state index in [9.17, 15) is 26.4 Å². The molecule has 0 atom stereocenters. The van der Waals surface area contributed by atoms with Crippen molar-refractivity contribution in [3.63, 3.8) is 0 Å². The molecule has 0 heterocycles. The molecular formula is C12H14ClF3N2O3S. The van der Waals surface area contributed by atoms with Gasteiger partial charge in [-0.1, -0.05) is 17.7 Å². The van der Waals surface area contributed by atoms with Crippen molar-refractivity contribution in [3.8, 4) is 0 Å². The predicted molar refractivity (Wildman–Crippen MR) is 75.8 cm³/mol. The van der Waals surface area contributed by atoms with Crippen molar-refractivity contribution in [2.45, 2.75) is 18.9 Å². The molecule has 0 spiro atoms. The largest absolute Gasteiger partial charge is 0.417 e. The summed E-state index contributed by atoms with van der Waals surface area (Å²) in [6.45, 7) is 1.53. The Labute approximate surface area is 130 Å². The topological polar surface area (TPSA) is 75.3 Å². The lowest BCUT2D eigenvalue weighted by atomic mass is 10.1. The van der Waals surface area contributed by atoms with E-state index in [-0.39, 0.29) is 5.56 Å². The number of benzene rings is 1. The predicted octanol–water partition coefficient (Wildman–Crippen LogP) is 1.91. The van der Waals surface area contributed by atoms with Crippen LogP contribution in [0.2, 0.25) is 5.02 Å². The summed E-state index contributed by atoms with van der Waals surface area (Å²) in [5, 5.41) is 1.88. The SMILES string of the molecule is CCNC(=O)CNS(=O)(=O)Cc1ccc(Cl)c(C(F)(F)F)c1. The van der Waals surface area contributed by atoms with Crippen LogP contribution in [0.15, 0.2) is 18.2 Å². The summed E-state index contributed by atoms with van der Waals surface area (Å²) >= 11 is 5.45. The molecule has 0 radical (unpaired) electrons. The molecule has 5 nitrogen and oxygen atoms in total. The first-order chi connectivity index (χ1) is 10.0. The van der Waals surface area contributed by atoms with Crippen LogP contribution in [0.25, 0.3) is 0 Å². The minimum atomic E-state index is -4.68. The molecule has 0 aromatic heterocycles. The summed E-state index contributed by atoms with van der Waals surface area (Å²) in [5.41, 5.74) is -1.19. The van der Waals surface area contributed by atoms with Crippen LogP contribution in [0.5, 0.6) is 0 Å². The van der Waals surface area contributed by atoms with Gasteiger partial charge < -0.3 is 5.32 Å². The van der Waals surface area contributed by atoms with E-state index in [1.54, 1.807) is 6.92 Å². The number of rotatable bonds is 6. The van der Waals surface area contributed by atoms with Gasteiger partial charge in [0.15, 0.2) is 0 Å². The monoisotopic (exact) mass is 358 g/mol. The third kappa shape index (κ3) is 5.82. The van der Waals surface area contributed by atoms with E-state index in [2.05, 4.69) is 5.32 Å². The van der Waals surface area contributed by atoms with Gasteiger partial charge in [-0.15, -0.1) is 0 Å². The summed E-state index contributed by atoms with van der Waals surface area (Å²) in [7, 11) is -3.94. The minimum Gasteiger partial charge on any atom is -0.355 e. The van der Waals surface area contributed by atoms with Crippen LogP contribution in [0.1, 0.15) is 18.1 Å². The second-order valence-corrected chi connectivity index (χ2v) is 6.56. The van der Waals surface area contributed by atoms with Crippen molar-refractivity contribution in [1.82, 2.24) is 10.0 Å². The number of halogens is 4. The standard InChI is InChI=1S/C12H14ClF3N2O3S/c1-2-17-11(19)6-18-22(20,21)7-8-3-4-10(13)9(5-8)12(14,15)16/h3-5,18H,2,6-7H2,1H3,(H,17,19). The van der Waals surface area contributed by atoms with E-state index in [1.165, 1.54) is 6.07 Å². The number of sulfonamides is 1. The zero-order valence-corrected chi connectivity index (χ0v) is 13.1. The Hall–Kier alpha value is -1.32. The summed E-state index contributed by atoms with van der Waals surface area (Å²) in [6.07, 6.45) is -4.68. The molecule has 1 amide bonds. The van der Waals surface area contributed by atoms with E-state index in [4.69, 9.17) is 11.6 Å². The maximum absolute atomic E-state index is 12.7. The fourth-order valence-electron chi connectivity index (χ4n) is 1.59. The number of alkyl halides is 3. The van der Waals surface area contributed by atoms with Gasteiger partial charge in [0.1, 0.15) is 0 Å². The van der Waals surface area contributed by atoms with Crippen LogP contribution in [0.3, 0.4) is 0 Å². The molecule has 10 heteroatoms. The zero-order valence-electron chi connectivity index (χ0n) is 11.5. The lowest BCUT2D eigenvalue weighted by molar-refractivity contribution is -0.137. The summed E-state index contributed by atoms with van der Waals surface area (Å²) < 4.78 is 63.6. The molecule has 0 aliphatic rings. The van der Waals surface area contributed by atoms with Crippen molar-refractivity contribution in [1.29, 1.82) is 0 Å². The zero-order chi connectivity index (χ0) is 17.0. The maximum atomic E-state index is 12.7. The van der Waals surface area contributed by atoms with Gasteiger partial charge in [0.05, 0.1) is 22.9 Å². The van der Waals surface area contributed by atoms with Gasteiger partial charge in [0, 0.05) is 6.54 Å². The van der Waals surface area contributed by atoms with Gasteiger partial charge in [-0.3, -0.25) is 4.79 Å². The quantitative estimate of drug-likeness (QED) is 0.815. The summed E-state index contributed by atoms with van der Waals surface area (Å²) in [5.74, 6) is -1.22. The Balaban J connectivity index is 2.84. The summed E-state index contributed by atoms with van der Waals surface area (Å²) in [4.78, 5) is 11.2. The van der Waals surface area contributed by atoms with E-state index in [1.807, 2.05) is 4.72 Å². The Morgan fingerprint density at radius 1 is 1.32 bits per heavy atom. The molecule has 0 unspecified atom stereocenters. The molecule has 0 aliphatic heterocycles. The molecule has 0 aliphatic carbocycles. The molecule has 0 fully saturated rings. The molecule has 22 heavy (non-hydrogen) atoms. The van der Waals surface area contributed by atoms with E-state index in [0.717, 1.165) is 6.07 Å². The van der Waals surface area contributed by atoms with Crippen LogP contribution >= 0.6 is 11.6 Å². The van der Waals surface area contributed by atoms with Crippen LogP contribution in [-0.4, -0.2) is 27.4 Å². The highest BCUT2D eigenvalue weighted by Gasteiger charge is 2.33. The first kappa shape index (κ1) is 18.7. The number of hydrogen-bond donors (Lipinski definition) is 2.